The van der Waals surface area contributed by atoms with E-state index in [-0.39, 0.29) is 18.1 Å². The number of nitrogens with zero attached hydrogens (tertiary/aromatic N) is 2. The largest absolute Gasteiger partial charge is 0.493 e. The first-order valence-electron chi connectivity index (χ1n) is 16.3. The summed E-state index contributed by atoms with van der Waals surface area (Å²) < 4.78 is 25.8. The molecule has 0 aliphatic carbocycles. The van der Waals surface area contributed by atoms with Gasteiger partial charge in [0.2, 0.25) is 0 Å². The summed E-state index contributed by atoms with van der Waals surface area (Å²) in [5.41, 5.74) is 7.36. The number of carbonyl (C=O) groups excluding carboxylic acids is 1. The van der Waals surface area contributed by atoms with Crippen molar-refractivity contribution in [1.29, 1.82) is 0 Å². The Morgan fingerprint density at radius 3 is 2.36 bits per heavy atom. The second-order valence-electron chi connectivity index (χ2n) is 12.8. The second kappa shape index (κ2) is 13.2. The third kappa shape index (κ3) is 6.22. The van der Waals surface area contributed by atoms with Crippen LogP contribution in [-0.2, 0) is 19.3 Å². The van der Waals surface area contributed by atoms with E-state index in [1.54, 1.807) is 14.2 Å². The van der Waals surface area contributed by atoms with E-state index < -0.39 is 0 Å². The van der Waals surface area contributed by atoms with Gasteiger partial charge in [-0.2, -0.15) is 0 Å². The van der Waals surface area contributed by atoms with Crippen LogP contribution >= 0.6 is 0 Å². The van der Waals surface area contributed by atoms with Gasteiger partial charge < -0.3 is 29.2 Å². The van der Waals surface area contributed by atoms with Gasteiger partial charge in [-0.15, -0.1) is 0 Å². The summed E-state index contributed by atoms with van der Waals surface area (Å²) in [6, 6.07) is 18.0. The van der Waals surface area contributed by atoms with Crippen molar-refractivity contribution in [3.8, 4) is 28.7 Å². The van der Waals surface area contributed by atoms with Crippen LogP contribution in [0.25, 0.3) is 0 Å². The molecule has 246 valence electrons. The van der Waals surface area contributed by atoms with E-state index in [0.29, 0.717) is 53.9 Å². The molecule has 1 N–H and O–H groups in total. The van der Waals surface area contributed by atoms with Gasteiger partial charge in [-0.3, -0.25) is 4.90 Å². The summed E-state index contributed by atoms with van der Waals surface area (Å²) in [6.07, 6.45) is 2.02. The zero-order valence-electron chi connectivity index (χ0n) is 28.5. The number of methoxy groups -OCH3 is 1. The SMILES string of the molecule is C=C(C)C1=C2Oc3cc4c(cc3O1)CCN(C(=O)NC)[C@H]4Cc1ccc(OC)c(c1)Oc1ccc(cc1)CC(N(C)CC)C2=C(C)C. The number of hydrogen-bond donors (Lipinski definition) is 1. The maximum atomic E-state index is 13.3. The number of rotatable bonds is 4. The molecule has 0 spiro atoms. The molecule has 7 rings (SSSR count). The topological polar surface area (TPSA) is 72.5 Å². The number of hydrogen-bond acceptors (Lipinski definition) is 6. The Hall–Kier alpha value is -4.69. The highest BCUT2D eigenvalue weighted by atomic mass is 16.6. The summed E-state index contributed by atoms with van der Waals surface area (Å²) in [5.74, 6) is 4.62. The Labute approximate surface area is 278 Å². The molecule has 0 saturated heterocycles. The highest BCUT2D eigenvalue weighted by Crippen LogP contribution is 2.46. The fraction of sp³-hybridized carbons (Fsp3) is 0.359. The summed E-state index contributed by atoms with van der Waals surface area (Å²) >= 11 is 0. The second-order valence-corrected chi connectivity index (χ2v) is 12.8. The molecule has 1 unspecified atom stereocenters. The number of nitrogens with one attached hydrogen (secondary N) is 1. The zero-order chi connectivity index (χ0) is 33.4. The fourth-order valence-corrected chi connectivity index (χ4v) is 6.85. The standard InChI is InChI=1S/C39H45N3O5/c1-9-41(7)31-18-25-10-13-28(14-11-25)45-33-20-26(12-15-32(33)44-8)19-30-29-22-35-34(21-27(29)16-17-42(30)39(43)40-6)46-37(24(4)5)38(47-35)36(31)23(2)3/h10-15,20-22,30-31H,4,9,16-19H2,1-3,5-8H3,(H,40,43)/t30-,31?/m0/s1. The van der Waals surface area contributed by atoms with Crippen molar-refractivity contribution in [2.75, 3.05) is 34.3 Å². The first-order valence-corrected chi connectivity index (χ1v) is 16.3. The van der Waals surface area contributed by atoms with Crippen molar-refractivity contribution in [2.45, 2.75) is 59.0 Å². The summed E-state index contributed by atoms with van der Waals surface area (Å²) in [6.45, 7) is 14.1. The third-order valence-corrected chi connectivity index (χ3v) is 9.44. The number of ether oxygens (including phenoxy) is 4. The maximum absolute atomic E-state index is 13.3. The minimum absolute atomic E-state index is 0.00366. The quantitative estimate of drug-likeness (QED) is 0.316. The molecule has 0 fully saturated rings. The normalized spacial score (nSPS) is 18.6. The van der Waals surface area contributed by atoms with Gasteiger partial charge in [0.25, 0.3) is 0 Å². The molecule has 4 heterocycles. The Morgan fingerprint density at radius 2 is 1.70 bits per heavy atom. The van der Waals surface area contributed by atoms with Crippen LogP contribution in [0.5, 0.6) is 28.7 Å². The van der Waals surface area contributed by atoms with Gasteiger partial charge in [-0.05, 0) is 118 Å². The van der Waals surface area contributed by atoms with Crippen LogP contribution in [0.1, 0.15) is 56.0 Å². The average molecular weight is 636 g/mol. The number of benzene rings is 3. The van der Waals surface area contributed by atoms with Crippen molar-refractivity contribution < 1.29 is 23.7 Å². The van der Waals surface area contributed by atoms with Gasteiger partial charge >= 0.3 is 6.03 Å². The molecule has 47 heavy (non-hydrogen) atoms. The smallest absolute Gasteiger partial charge is 0.317 e. The van der Waals surface area contributed by atoms with Crippen LogP contribution in [0.4, 0.5) is 4.79 Å². The fourth-order valence-electron chi connectivity index (χ4n) is 6.85. The van der Waals surface area contributed by atoms with E-state index in [9.17, 15) is 4.79 Å². The van der Waals surface area contributed by atoms with Crippen molar-refractivity contribution in [3.05, 3.63) is 112 Å². The van der Waals surface area contributed by atoms with Crippen LogP contribution in [0.15, 0.2) is 89.4 Å². The van der Waals surface area contributed by atoms with Gasteiger partial charge in [0.15, 0.2) is 34.5 Å². The Bertz CT molecular complexity index is 1770. The Balaban J connectivity index is 1.58. The van der Waals surface area contributed by atoms with E-state index in [2.05, 4.69) is 68.9 Å². The van der Waals surface area contributed by atoms with Crippen LogP contribution in [0, 0.1) is 0 Å². The number of carbonyl (C=O) groups is 1. The molecule has 3 aromatic carbocycles. The maximum Gasteiger partial charge on any atom is 0.317 e. The number of likely N-dealkylation sites (N-methyl/N-ethyl adjacent to an activating group) is 1. The molecule has 0 aromatic heterocycles. The molecular formula is C39H45N3O5. The predicted octanol–water partition coefficient (Wildman–Crippen LogP) is 7.74. The molecule has 0 radical (unpaired) electrons. The minimum atomic E-state index is -0.246. The highest BCUT2D eigenvalue weighted by molar-refractivity contribution is 5.75. The van der Waals surface area contributed by atoms with Crippen LogP contribution < -0.4 is 24.3 Å². The molecule has 4 aliphatic heterocycles. The van der Waals surface area contributed by atoms with Crippen molar-refractivity contribution in [2.24, 2.45) is 0 Å². The third-order valence-electron chi connectivity index (χ3n) is 9.44. The summed E-state index contributed by atoms with van der Waals surface area (Å²) in [5, 5.41) is 2.85. The number of fused-ring (bicyclic) bond motifs is 4. The van der Waals surface area contributed by atoms with Crippen molar-refractivity contribution in [1.82, 2.24) is 15.1 Å². The van der Waals surface area contributed by atoms with E-state index in [1.165, 1.54) is 5.56 Å². The predicted molar refractivity (Wildman–Crippen MR) is 185 cm³/mol. The first kappa shape index (κ1) is 32.3. The zero-order valence-corrected chi connectivity index (χ0v) is 28.5. The van der Waals surface area contributed by atoms with Gasteiger partial charge in [0.1, 0.15) is 5.75 Å². The lowest BCUT2D eigenvalue weighted by molar-refractivity contribution is 0.170. The average Bonchev–Trinajstić information content (AvgIpc) is 3.06. The molecular weight excluding hydrogens is 590 g/mol. The number of allylic oxidation sites excluding steroid dienone is 2. The number of urea groups is 1. The van der Waals surface area contributed by atoms with Crippen LogP contribution in [0.3, 0.4) is 0 Å². The minimum Gasteiger partial charge on any atom is -0.493 e. The van der Waals surface area contributed by atoms with E-state index in [4.69, 9.17) is 18.9 Å². The summed E-state index contributed by atoms with van der Waals surface area (Å²) in [4.78, 5) is 17.5. The van der Waals surface area contributed by atoms with Gasteiger partial charge in [0, 0.05) is 25.2 Å². The Kier molecular flexibility index (Phi) is 9.06. The highest BCUT2D eigenvalue weighted by Gasteiger charge is 2.36. The van der Waals surface area contributed by atoms with Crippen molar-refractivity contribution in [3.63, 3.8) is 0 Å². The molecule has 2 atom stereocenters. The van der Waals surface area contributed by atoms with Crippen LogP contribution in [-0.4, -0.2) is 56.2 Å². The first-order chi connectivity index (χ1) is 22.6. The molecule has 0 saturated carbocycles. The molecule has 3 aromatic rings. The van der Waals surface area contributed by atoms with E-state index in [1.807, 2.05) is 42.2 Å². The molecule has 8 nitrogen and oxygen atoms in total. The van der Waals surface area contributed by atoms with Gasteiger partial charge in [0.05, 0.1) is 13.2 Å². The molecule has 4 aliphatic rings. The van der Waals surface area contributed by atoms with E-state index >= 15 is 0 Å². The molecule has 7 bridgehead atoms. The van der Waals surface area contributed by atoms with Crippen LogP contribution in [0.2, 0.25) is 0 Å². The molecule has 8 heteroatoms. The lowest BCUT2D eigenvalue weighted by Crippen LogP contribution is -2.45. The number of amides is 2. The van der Waals surface area contributed by atoms with Crippen molar-refractivity contribution >= 4 is 6.03 Å². The van der Waals surface area contributed by atoms with Gasteiger partial charge in [-0.1, -0.05) is 37.3 Å². The lowest BCUT2D eigenvalue weighted by Gasteiger charge is -2.39. The van der Waals surface area contributed by atoms with E-state index in [0.717, 1.165) is 52.1 Å². The van der Waals surface area contributed by atoms with Gasteiger partial charge in [-0.25, -0.2) is 4.79 Å². The molecule has 2 amide bonds. The monoisotopic (exact) mass is 635 g/mol. The Morgan fingerprint density at radius 1 is 0.979 bits per heavy atom. The summed E-state index contributed by atoms with van der Waals surface area (Å²) in [7, 11) is 5.46. The lowest BCUT2D eigenvalue weighted by atomic mass is 9.87.